The van der Waals surface area contributed by atoms with Crippen LogP contribution in [0.1, 0.15) is 96.3 Å². The molecule has 0 amide bonds. The highest BCUT2D eigenvalue weighted by atomic mass is 35.5. The third kappa shape index (κ3) is 8.62. The minimum atomic E-state index is -3.61. The van der Waals surface area contributed by atoms with E-state index in [9.17, 15) is 22.4 Å². The fourth-order valence-electron chi connectivity index (χ4n) is 6.32. The molecule has 3 aromatic carbocycles. The number of benzene rings is 3. The molecule has 0 spiro atoms. The second-order valence-electron chi connectivity index (χ2n) is 14.6. The van der Waals surface area contributed by atoms with E-state index in [4.69, 9.17) is 49.1 Å². The Morgan fingerprint density at radius 3 is 2.08 bits per heavy atom. The van der Waals surface area contributed by atoms with Gasteiger partial charge in [-0.25, -0.2) is 12.8 Å². The molecule has 51 heavy (non-hydrogen) atoms. The predicted octanol–water partition coefficient (Wildman–Crippen LogP) is 9.65. The third-order valence-corrected chi connectivity index (χ3v) is 11.5. The number of ketones is 2. The minimum Gasteiger partial charge on any atom is -0.492 e. The van der Waals surface area contributed by atoms with Gasteiger partial charge in [0.05, 0.1) is 17.4 Å². The van der Waals surface area contributed by atoms with Crippen LogP contribution in [-0.2, 0) is 34.8 Å². The van der Waals surface area contributed by atoms with Crippen molar-refractivity contribution in [3.05, 3.63) is 86.1 Å². The first-order valence-electron chi connectivity index (χ1n) is 16.6. The van der Waals surface area contributed by atoms with Crippen LogP contribution in [0.25, 0.3) is 11.1 Å². The lowest BCUT2D eigenvalue weighted by molar-refractivity contribution is -0.184. The van der Waals surface area contributed by atoms with E-state index in [2.05, 4.69) is 5.16 Å². The zero-order valence-electron chi connectivity index (χ0n) is 29.5. The van der Waals surface area contributed by atoms with Gasteiger partial charge in [0.25, 0.3) is 0 Å². The molecule has 2 aliphatic heterocycles. The third-order valence-electron chi connectivity index (χ3n) is 8.96. The highest BCUT2D eigenvalue weighted by Gasteiger charge is 2.54. The van der Waals surface area contributed by atoms with Gasteiger partial charge in [-0.2, -0.15) is 0 Å². The number of rotatable bonds is 7. The Bertz CT molecular complexity index is 2000. The zero-order chi connectivity index (χ0) is 37.7. The number of carbonyl (C=O) groups is 2. The molecule has 2 fully saturated rings. The van der Waals surface area contributed by atoms with Crippen molar-refractivity contribution >= 4 is 61.3 Å². The second-order valence-corrected chi connectivity index (χ2v) is 17.8. The lowest BCUT2D eigenvalue weighted by Crippen LogP contribution is -2.58. The molecular weight excluding hydrogens is 740 g/mol. The van der Waals surface area contributed by atoms with Crippen LogP contribution in [0.3, 0.4) is 0 Å². The van der Waals surface area contributed by atoms with Crippen LogP contribution in [-0.4, -0.2) is 48.4 Å². The van der Waals surface area contributed by atoms with Gasteiger partial charge in [0.1, 0.15) is 34.3 Å². The molecule has 274 valence electrons. The van der Waals surface area contributed by atoms with E-state index >= 15 is 0 Å². The summed E-state index contributed by atoms with van der Waals surface area (Å²) in [6, 6.07) is 13.1. The van der Waals surface area contributed by atoms with E-state index in [-0.39, 0.29) is 33.8 Å². The number of nitrogens with zero attached hydrogens (tertiary/aromatic N) is 1. The summed E-state index contributed by atoms with van der Waals surface area (Å²) in [7, 11) is -3.61. The summed E-state index contributed by atoms with van der Waals surface area (Å²) in [6.45, 7) is 12.6. The number of ether oxygens (including phenoxy) is 2. The summed E-state index contributed by atoms with van der Waals surface area (Å²) in [5, 5.41) is 4.64. The Morgan fingerprint density at radius 1 is 0.882 bits per heavy atom. The summed E-state index contributed by atoms with van der Waals surface area (Å²) >= 11 is 18.1. The van der Waals surface area contributed by atoms with Gasteiger partial charge < -0.3 is 14.3 Å². The molecule has 2 heterocycles. The van der Waals surface area contributed by atoms with Crippen LogP contribution in [0.2, 0.25) is 15.1 Å². The molecule has 0 aromatic heterocycles. The fraction of sp³-hybridized carbons (Fsp3) is 0.447. The molecule has 0 radical (unpaired) electrons. The highest BCUT2D eigenvalue weighted by Crippen LogP contribution is 2.48. The predicted molar refractivity (Wildman–Crippen MR) is 198 cm³/mol. The molecule has 0 bridgehead atoms. The Labute approximate surface area is 313 Å². The summed E-state index contributed by atoms with van der Waals surface area (Å²) in [5.41, 5.74) is 0.340. The highest BCUT2D eigenvalue weighted by molar-refractivity contribution is 8.05. The van der Waals surface area contributed by atoms with Crippen molar-refractivity contribution in [3.8, 4) is 16.9 Å². The topological polar surface area (TPSA) is 108 Å². The Morgan fingerprint density at radius 2 is 1.53 bits per heavy atom. The molecule has 0 atom stereocenters. The van der Waals surface area contributed by atoms with Gasteiger partial charge in [-0.1, -0.05) is 52.1 Å². The maximum absolute atomic E-state index is 14.5. The number of carbonyl (C=O) groups excluding carboxylic acids is 2. The van der Waals surface area contributed by atoms with E-state index in [0.717, 1.165) is 18.4 Å². The van der Waals surface area contributed by atoms with Crippen molar-refractivity contribution in [1.82, 2.24) is 0 Å². The van der Waals surface area contributed by atoms with E-state index in [1.165, 1.54) is 18.2 Å². The molecular formula is C38H41Cl3FNO7S. The Kier molecular flexibility index (Phi) is 11.1. The van der Waals surface area contributed by atoms with Gasteiger partial charge in [0, 0.05) is 28.1 Å². The molecule has 1 saturated heterocycles. The SMILES string of the molecule is CC1(C)OC(C)(C)C(=O)C(c2cc(-c3ccc(Cl)cc3F)ccc2C2CC2)C1=O.CCOc1cc(Cl)c(CS(=O)(=O)C2=NOC(C)(C)C2)cc1Cl. The number of halogens is 4. The van der Waals surface area contributed by atoms with Gasteiger partial charge in [-0.3, -0.25) is 9.59 Å². The largest absolute Gasteiger partial charge is 0.492 e. The van der Waals surface area contributed by atoms with Gasteiger partial charge >= 0.3 is 0 Å². The number of sulfone groups is 1. The zero-order valence-corrected chi connectivity index (χ0v) is 32.6. The van der Waals surface area contributed by atoms with E-state index in [0.29, 0.717) is 50.6 Å². The van der Waals surface area contributed by atoms with Crippen LogP contribution in [0.15, 0.2) is 53.7 Å². The molecule has 1 aliphatic carbocycles. The van der Waals surface area contributed by atoms with Crippen molar-refractivity contribution in [2.75, 3.05) is 6.61 Å². The summed E-state index contributed by atoms with van der Waals surface area (Å²) < 4.78 is 50.5. The second kappa shape index (κ2) is 14.4. The molecule has 3 aliphatic rings. The maximum atomic E-state index is 14.5. The van der Waals surface area contributed by atoms with Crippen molar-refractivity contribution in [3.63, 3.8) is 0 Å². The van der Waals surface area contributed by atoms with Crippen LogP contribution in [0, 0.1) is 5.82 Å². The van der Waals surface area contributed by atoms with Gasteiger partial charge in [0.2, 0.25) is 0 Å². The molecule has 8 nitrogen and oxygen atoms in total. The van der Waals surface area contributed by atoms with Crippen LogP contribution in [0.5, 0.6) is 5.75 Å². The number of hydrogen-bond donors (Lipinski definition) is 0. The molecule has 0 unspecified atom stereocenters. The van der Waals surface area contributed by atoms with E-state index in [1.54, 1.807) is 59.7 Å². The molecule has 13 heteroatoms. The molecule has 3 aromatic rings. The van der Waals surface area contributed by atoms with E-state index < -0.39 is 38.4 Å². The van der Waals surface area contributed by atoms with Crippen molar-refractivity contribution in [1.29, 1.82) is 0 Å². The van der Waals surface area contributed by atoms with Crippen LogP contribution in [0.4, 0.5) is 4.39 Å². The monoisotopic (exact) mass is 779 g/mol. The maximum Gasteiger partial charge on any atom is 0.199 e. The normalized spacial score (nSPS) is 19.5. The molecule has 0 N–H and O–H groups in total. The molecule has 1 saturated carbocycles. The van der Waals surface area contributed by atoms with Crippen molar-refractivity contribution < 1.29 is 36.7 Å². The van der Waals surface area contributed by atoms with Crippen molar-refractivity contribution in [2.45, 2.75) is 102 Å². The first kappa shape index (κ1) is 39.2. The van der Waals surface area contributed by atoms with Gasteiger partial charge in [-0.15, -0.1) is 0 Å². The average molecular weight is 781 g/mol. The van der Waals surface area contributed by atoms with E-state index in [1.807, 2.05) is 19.1 Å². The first-order valence-corrected chi connectivity index (χ1v) is 19.4. The Balaban J connectivity index is 0.000000206. The average Bonchev–Trinajstić information content (AvgIpc) is 3.80. The van der Waals surface area contributed by atoms with Gasteiger partial charge in [0.15, 0.2) is 26.4 Å². The minimum absolute atomic E-state index is 0.0265. The molecule has 6 rings (SSSR count). The quantitative estimate of drug-likeness (QED) is 0.220. The van der Waals surface area contributed by atoms with Crippen LogP contribution < -0.4 is 4.74 Å². The number of oxime groups is 1. The first-order chi connectivity index (χ1) is 23.7. The summed E-state index contributed by atoms with van der Waals surface area (Å²) in [5.74, 6) is -1.37. The van der Waals surface area contributed by atoms with Gasteiger partial charge in [-0.05, 0) is 120 Å². The standard InChI is InChI=1S/C24H24ClFO3.C14H17Cl2NO4S/c1-23(2)21(27)20(22(28)24(3,4)29-23)18-11-14(7-9-16(18)13-5-6-13)17-10-8-15(25)12-19(17)26;1-4-20-12-6-10(15)9(5-11(12)16)8-22(18,19)13-7-14(2,3)21-17-13/h7-13,20H,5-6H2,1-4H3;5-6H,4,7-8H2,1-3H3. The number of hydrogen-bond acceptors (Lipinski definition) is 8. The van der Waals surface area contributed by atoms with Crippen molar-refractivity contribution in [2.24, 2.45) is 5.16 Å². The lowest BCUT2D eigenvalue weighted by Gasteiger charge is -2.43. The summed E-state index contributed by atoms with van der Waals surface area (Å²) in [6.07, 6.45) is 2.29. The van der Waals surface area contributed by atoms with Crippen LogP contribution >= 0.6 is 34.8 Å². The Hall–Kier alpha value is -3.02. The smallest absolute Gasteiger partial charge is 0.199 e. The summed E-state index contributed by atoms with van der Waals surface area (Å²) in [4.78, 5) is 31.6. The number of Topliss-reactive ketones (excluding diaryl/α,β-unsaturated/α-hetero) is 2. The lowest BCUT2D eigenvalue weighted by atomic mass is 9.73. The fourth-order valence-corrected chi connectivity index (χ4v) is 8.55.